The van der Waals surface area contributed by atoms with E-state index in [0.717, 1.165) is 21.7 Å². The fourth-order valence-electron chi connectivity index (χ4n) is 2.20. The van der Waals surface area contributed by atoms with Crippen LogP contribution in [0.2, 0.25) is 0 Å². The molecule has 0 unspecified atom stereocenters. The van der Waals surface area contributed by atoms with Crippen LogP contribution in [0, 0.1) is 0 Å². The molecule has 0 aliphatic rings. The van der Waals surface area contributed by atoms with Crippen LogP contribution in [-0.2, 0) is 18.3 Å². The molecule has 2 aromatic heterocycles. The molecule has 3 aromatic rings. The Labute approximate surface area is 132 Å². The van der Waals surface area contributed by atoms with Crippen molar-refractivity contribution >= 4 is 34.0 Å². The van der Waals surface area contributed by atoms with Gasteiger partial charge in [-0.25, -0.2) is 4.98 Å². The van der Waals surface area contributed by atoms with Crippen molar-refractivity contribution in [2.75, 3.05) is 0 Å². The average Bonchev–Trinajstić information content (AvgIpc) is 3.15. The zero-order chi connectivity index (χ0) is 15.5. The van der Waals surface area contributed by atoms with Gasteiger partial charge in [-0.2, -0.15) is 0 Å². The van der Waals surface area contributed by atoms with Crippen LogP contribution in [0.1, 0.15) is 10.7 Å². The maximum atomic E-state index is 12.1. The van der Waals surface area contributed by atoms with Gasteiger partial charge in [-0.3, -0.25) is 15.6 Å². The second kappa shape index (κ2) is 6.03. The predicted octanol–water partition coefficient (Wildman–Crippen LogP) is 2.47. The standard InChI is InChI=1S/C16H16N4OS/c1-11(14-8-5-9-22-14)18-19-16(21)10-15-17-12-6-3-4-7-13(12)20(15)2/h3-9,18H,1,10H2,2H3,(H,19,21). The van der Waals surface area contributed by atoms with E-state index in [1.54, 1.807) is 11.3 Å². The molecule has 22 heavy (non-hydrogen) atoms. The first-order valence-corrected chi connectivity index (χ1v) is 7.71. The molecule has 0 saturated carbocycles. The van der Waals surface area contributed by atoms with E-state index in [1.807, 2.05) is 53.4 Å². The van der Waals surface area contributed by atoms with E-state index in [1.165, 1.54) is 0 Å². The molecule has 1 amide bonds. The molecule has 6 heteroatoms. The predicted molar refractivity (Wildman–Crippen MR) is 89.0 cm³/mol. The van der Waals surface area contributed by atoms with Crippen LogP contribution >= 0.6 is 11.3 Å². The summed E-state index contributed by atoms with van der Waals surface area (Å²) in [6.07, 6.45) is 0.204. The molecule has 2 N–H and O–H groups in total. The molecule has 0 radical (unpaired) electrons. The molecule has 3 rings (SSSR count). The molecule has 0 fully saturated rings. The van der Waals surface area contributed by atoms with E-state index in [2.05, 4.69) is 22.4 Å². The minimum absolute atomic E-state index is 0.156. The van der Waals surface area contributed by atoms with Gasteiger partial charge in [-0.05, 0) is 23.6 Å². The number of hydrazine groups is 1. The largest absolute Gasteiger partial charge is 0.331 e. The molecule has 2 heterocycles. The van der Waals surface area contributed by atoms with Gasteiger partial charge in [0.2, 0.25) is 5.91 Å². The zero-order valence-electron chi connectivity index (χ0n) is 12.2. The van der Waals surface area contributed by atoms with E-state index in [-0.39, 0.29) is 12.3 Å². The van der Waals surface area contributed by atoms with Gasteiger partial charge in [0.15, 0.2) is 0 Å². The van der Waals surface area contributed by atoms with Crippen molar-refractivity contribution in [3.05, 3.63) is 59.1 Å². The minimum Gasteiger partial charge on any atom is -0.331 e. The number of hydrogen-bond acceptors (Lipinski definition) is 4. The maximum absolute atomic E-state index is 12.1. The Balaban J connectivity index is 1.63. The van der Waals surface area contributed by atoms with Crippen molar-refractivity contribution < 1.29 is 4.79 Å². The molecular formula is C16H16N4OS. The molecule has 1 aromatic carbocycles. The van der Waals surface area contributed by atoms with E-state index in [4.69, 9.17) is 0 Å². The first-order valence-electron chi connectivity index (χ1n) is 6.83. The second-order valence-corrected chi connectivity index (χ2v) is 5.83. The van der Waals surface area contributed by atoms with Gasteiger partial charge in [-0.1, -0.05) is 24.8 Å². The van der Waals surface area contributed by atoms with Crippen LogP contribution in [0.25, 0.3) is 16.7 Å². The third-order valence-electron chi connectivity index (χ3n) is 3.37. The van der Waals surface area contributed by atoms with Crippen molar-refractivity contribution in [2.45, 2.75) is 6.42 Å². The number of carbonyl (C=O) groups excluding carboxylic acids is 1. The second-order valence-electron chi connectivity index (χ2n) is 4.88. The van der Waals surface area contributed by atoms with E-state index in [9.17, 15) is 4.79 Å². The lowest BCUT2D eigenvalue weighted by molar-refractivity contribution is -0.121. The molecule has 0 spiro atoms. The highest BCUT2D eigenvalue weighted by Crippen LogP contribution is 2.16. The van der Waals surface area contributed by atoms with Crippen molar-refractivity contribution in [2.24, 2.45) is 7.05 Å². The number of hydrogen-bond donors (Lipinski definition) is 2. The molecule has 112 valence electrons. The number of imidazole rings is 1. The summed E-state index contributed by atoms with van der Waals surface area (Å²) in [6, 6.07) is 11.7. The van der Waals surface area contributed by atoms with Crippen molar-refractivity contribution in [1.82, 2.24) is 20.4 Å². The van der Waals surface area contributed by atoms with Gasteiger partial charge in [0.05, 0.1) is 28.0 Å². The highest BCUT2D eigenvalue weighted by Gasteiger charge is 2.11. The zero-order valence-corrected chi connectivity index (χ0v) is 13.0. The van der Waals surface area contributed by atoms with Crippen LogP contribution in [0.5, 0.6) is 0 Å². The monoisotopic (exact) mass is 312 g/mol. The van der Waals surface area contributed by atoms with Crippen LogP contribution in [0.3, 0.4) is 0 Å². The van der Waals surface area contributed by atoms with E-state index in [0.29, 0.717) is 5.70 Å². The maximum Gasteiger partial charge on any atom is 0.245 e. The number of carbonyl (C=O) groups is 1. The van der Waals surface area contributed by atoms with Gasteiger partial charge in [0, 0.05) is 7.05 Å². The lowest BCUT2D eigenvalue weighted by Crippen LogP contribution is -2.37. The first-order chi connectivity index (χ1) is 10.6. The number of para-hydroxylation sites is 2. The Morgan fingerprint density at radius 1 is 1.27 bits per heavy atom. The summed E-state index contributed by atoms with van der Waals surface area (Å²) in [6.45, 7) is 3.89. The van der Waals surface area contributed by atoms with Gasteiger partial charge >= 0.3 is 0 Å². The number of benzene rings is 1. The number of nitrogens with one attached hydrogen (secondary N) is 2. The van der Waals surface area contributed by atoms with E-state index < -0.39 is 0 Å². The highest BCUT2D eigenvalue weighted by molar-refractivity contribution is 7.11. The number of thiophene rings is 1. The van der Waals surface area contributed by atoms with E-state index >= 15 is 0 Å². The number of fused-ring (bicyclic) bond motifs is 1. The van der Waals surface area contributed by atoms with Crippen LogP contribution in [0.4, 0.5) is 0 Å². The third-order valence-corrected chi connectivity index (χ3v) is 4.30. The quantitative estimate of drug-likeness (QED) is 0.712. The lowest BCUT2D eigenvalue weighted by Gasteiger charge is -2.09. The molecule has 5 nitrogen and oxygen atoms in total. The Kier molecular flexibility index (Phi) is 3.93. The summed E-state index contributed by atoms with van der Waals surface area (Å²) in [5, 5.41) is 1.96. The highest BCUT2D eigenvalue weighted by atomic mass is 32.1. The smallest absolute Gasteiger partial charge is 0.245 e. The van der Waals surface area contributed by atoms with Gasteiger partial charge < -0.3 is 4.57 Å². The van der Waals surface area contributed by atoms with Gasteiger partial charge in [0.1, 0.15) is 5.82 Å². The Morgan fingerprint density at radius 3 is 2.82 bits per heavy atom. The third kappa shape index (κ3) is 2.87. The summed E-state index contributed by atoms with van der Waals surface area (Å²) in [7, 11) is 1.91. The molecule has 0 aliphatic carbocycles. The fourth-order valence-corrected chi connectivity index (χ4v) is 2.85. The average molecular weight is 312 g/mol. The summed E-state index contributed by atoms with van der Waals surface area (Å²) < 4.78 is 1.93. The minimum atomic E-state index is -0.156. The normalized spacial score (nSPS) is 10.6. The lowest BCUT2D eigenvalue weighted by atomic mass is 10.3. The molecular weight excluding hydrogens is 296 g/mol. The Bertz CT molecular complexity index is 820. The summed E-state index contributed by atoms with van der Waals surface area (Å²) in [5.41, 5.74) is 8.08. The fraction of sp³-hybridized carbons (Fsp3) is 0.125. The van der Waals surface area contributed by atoms with Crippen LogP contribution in [0.15, 0.2) is 48.4 Å². The molecule has 0 saturated heterocycles. The molecule has 0 aliphatic heterocycles. The number of rotatable bonds is 5. The number of aromatic nitrogens is 2. The van der Waals surface area contributed by atoms with Gasteiger partial charge in [0.25, 0.3) is 0 Å². The number of aryl methyl sites for hydroxylation is 1. The van der Waals surface area contributed by atoms with Crippen molar-refractivity contribution in [3.63, 3.8) is 0 Å². The van der Waals surface area contributed by atoms with Crippen LogP contribution < -0.4 is 10.9 Å². The summed E-state index contributed by atoms with van der Waals surface area (Å²) in [5.74, 6) is 0.568. The number of amides is 1. The molecule has 0 bridgehead atoms. The summed E-state index contributed by atoms with van der Waals surface area (Å²) >= 11 is 1.56. The topological polar surface area (TPSA) is 58.9 Å². The molecule has 0 atom stereocenters. The van der Waals surface area contributed by atoms with Crippen molar-refractivity contribution in [1.29, 1.82) is 0 Å². The Hall–Kier alpha value is -2.60. The van der Waals surface area contributed by atoms with Crippen LogP contribution in [-0.4, -0.2) is 15.5 Å². The van der Waals surface area contributed by atoms with Crippen molar-refractivity contribution in [3.8, 4) is 0 Å². The Morgan fingerprint density at radius 2 is 2.09 bits per heavy atom. The first kappa shape index (κ1) is 14.3. The SMILES string of the molecule is C=C(NNC(=O)Cc1nc2ccccc2n1C)c1cccs1. The van der Waals surface area contributed by atoms with Gasteiger partial charge in [-0.15, -0.1) is 11.3 Å². The number of nitrogens with zero attached hydrogens (tertiary/aromatic N) is 2. The summed E-state index contributed by atoms with van der Waals surface area (Å²) in [4.78, 5) is 17.5.